The van der Waals surface area contributed by atoms with Crippen molar-refractivity contribution in [1.82, 2.24) is 4.98 Å². The number of nitrogen functional groups attached to an aromatic ring is 1. The molecule has 1 fully saturated rings. The lowest BCUT2D eigenvalue weighted by Crippen LogP contribution is -2.06. The standard InChI is InChI=1S/C7H11N2O2PS/c8-7-9-6(5-13-7)4-12-10-2-1-3-11-12/h5H,1-4H2,(H2,8,9). The molecular weight excluding hydrogens is 207 g/mol. The molecule has 1 aromatic rings. The van der Waals surface area contributed by atoms with Gasteiger partial charge in [-0.1, -0.05) is 0 Å². The van der Waals surface area contributed by atoms with E-state index in [1.165, 1.54) is 11.3 Å². The Labute approximate surface area is 82.0 Å². The summed E-state index contributed by atoms with van der Waals surface area (Å²) in [6.07, 6.45) is 1.76. The van der Waals surface area contributed by atoms with Crippen molar-refractivity contribution in [2.24, 2.45) is 0 Å². The Hall–Kier alpha value is -0.220. The molecule has 2 heterocycles. The first-order valence-electron chi connectivity index (χ1n) is 4.08. The zero-order chi connectivity index (χ0) is 9.10. The van der Waals surface area contributed by atoms with E-state index in [4.69, 9.17) is 14.8 Å². The highest BCUT2D eigenvalue weighted by atomic mass is 32.1. The summed E-state index contributed by atoms with van der Waals surface area (Å²) in [5, 5.41) is 2.57. The lowest BCUT2D eigenvalue weighted by molar-refractivity contribution is 0.181. The Morgan fingerprint density at radius 3 is 2.92 bits per heavy atom. The number of hydrogen-bond acceptors (Lipinski definition) is 5. The molecule has 2 N–H and O–H groups in total. The van der Waals surface area contributed by atoms with Crippen LogP contribution in [0.5, 0.6) is 0 Å². The Morgan fingerprint density at radius 1 is 1.54 bits per heavy atom. The van der Waals surface area contributed by atoms with Crippen molar-refractivity contribution in [3.63, 3.8) is 0 Å². The first-order valence-corrected chi connectivity index (χ1v) is 6.32. The molecule has 2 rings (SSSR count). The molecule has 1 aromatic heterocycles. The van der Waals surface area contributed by atoms with Crippen LogP contribution in [0.1, 0.15) is 12.1 Å². The number of rotatable bonds is 2. The second kappa shape index (κ2) is 4.33. The van der Waals surface area contributed by atoms with E-state index >= 15 is 0 Å². The molecule has 1 aliphatic heterocycles. The van der Waals surface area contributed by atoms with E-state index in [1.807, 2.05) is 5.38 Å². The molecule has 13 heavy (non-hydrogen) atoms. The van der Waals surface area contributed by atoms with E-state index in [0.29, 0.717) is 5.13 Å². The molecule has 0 unspecified atom stereocenters. The average Bonchev–Trinajstić information content (AvgIpc) is 2.53. The highest BCUT2D eigenvalue weighted by Gasteiger charge is 2.16. The lowest BCUT2D eigenvalue weighted by atomic mass is 10.5. The fraction of sp³-hybridized carbons (Fsp3) is 0.571. The molecule has 72 valence electrons. The van der Waals surface area contributed by atoms with Gasteiger partial charge in [-0.25, -0.2) is 4.98 Å². The molecule has 1 saturated heterocycles. The maximum atomic E-state index is 5.52. The molecule has 0 atom stereocenters. The van der Waals surface area contributed by atoms with Gasteiger partial charge in [0.05, 0.1) is 25.1 Å². The third-order valence-electron chi connectivity index (χ3n) is 1.62. The summed E-state index contributed by atoms with van der Waals surface area (Å²) in [7, 11) is -0.746. The smallest absolute Gasteiger partial charge is 0.180 e. The van der Waals surface area contributed by atoms with Crippen molar-refractivity contribution in [2.45, 2.75) is 12.6 Å². The van der Waals surface area contributed by atoms with Crippen LogP contribution < -0.4 is 5.73 Å². The van der Waals surface area contributed by atoms with Gasteiger partial charge in [0.1, 0.15) is 0 Å². The molecule has 1 aliphatic rings. The SMILES string of the molecule is Nc1nc(CP2OCCCO2)cs1. The van der Waals surface area contributed by atoms with Crippen LogP contribution in [0.3, 0.4) is 0 Å². The molecule has 0 saturated carbocycles. The van der Waals surface area contributed by atoms with Gasteiger partial charge in [-0.15, -0.1) is 11.3 Å². The Bertz CT molecular complexity index is 275. The molecule has 0 amide bonds. The van der Waals surface area contributed by atoms with Crippen LogP contribution in [-0.4, -0.2) is 18.2 Å². The van der Waals surface area contributed by atoms with Crippen molar-refractivity contribution in [3.8, 4) is 0 Å². The molecule has 0 bridgehead atoms. The van der Waals surface area contributed by atoms with E-state index in [1.54, 1.807) is 0 Å². The fourth-order valence-corrected chi connectivity index (χ4v) is 3.08. The van der Waals surface area contributed by atoms with Crippen LogP contribution >= 0.6 is 19.7 Å². The third kappa shape index (κ3) is 2.61. The first kappa shape index (κ1) is 9.34. The van der Waals surface area contributed by atoms with Gasteiger partial charge < -0.3 is 14.8 Å². The normalized spacial score (nSPS) is 19.1. The van der Waals surface area contributed by atoms with E-state index in [2.05, 4.69) is 4.98 Å². The Kier molecular flexibility index (Phi) is 3.11. The minimum absolute atomic E-state index is 0.613. The highest BCUT2D eigenvalue weighted by Crippen LogP contribution is 2.44. The van der Waals surface area contributed by atoms with Crippen LogP contribution in [0.4, 0.5) is 5.13 Å². The van der Waals surface area contributed by atoms with Crippen molar-refractivity contribution in [1.29, 1.82) is 0 Å². The quantitative estimate of drug-likeness (QED) is 0.771. The highest BCUT2D eigenvalue weighted by molar-refractivity contribution is 7.46. The number of nitrogens with two attached hydrogens (primary N) is 1. The van der Waals surface area contributed by atoms with Crippen LogP contribution in [0.2, 0.25) is 0 Å². The summed E-state index contributed by atoms with van der Waals surface area (Å²) in [6, 6.07) is 0. The van der Waals surface area contributed by atoms with E-state index in [-0.39, 0.29) is 0 Å². The van der Waals surface area contributed by atoms with E-state index in [9.17, 15) is 0 Å². The van der Waals surface area contributed by atoms with Crippen molar-refractivity contribution in [3.05, 3.63) is 11.1 Å². The van der Waals surface area contributed by atoms with Gasteiger partial charge in [0.15, 0.2) is 13.5 Å². The second-order valence-corrected chi connectivity index (χ2v) is 5.08. The molecule has 4 nitrogen and oxygen atoms in total. The zero-order valence-corrected chi connectivity index (χ0v) is 8.81. The Morgan fingerprint density at radius 2 is 2.31 bits per heavy atom. The molecule has 0 spiro atoms. The maximum absolute atomic E-state index is 5.52. The molecular formula is C7H11N2O2PS. The van der Waals surface area contributed by atoms with Gasteiger partial charge in [-0.3, -0.25) is 0 Å². The number of nitrogens with zero attached hydrogens (tertiary/aromatic N) is 1. The van der Waals surface area contributed by atoms with Crippen molar-refractivity contribution in [2.75, 3.05) is 18.9 Å². The number of aromatic nitrogens is 1. The van der Waals surface area contributed by atoms with Crippen LogP contribution in [0, 0.1) is 0 Å². The Balaban J connectivity index is 1.89. The molecule has 0 radical (unpaired) electrons. The number of anilines is 1. The topological polar surface area (TPSA) is 57.4 Å². The summed E-state index contributed by atoms with van der Waals surface area (Å²) in [4.78, 5) is 4.16. The fourth-order valence-electron chi connectivity index (χ4n) is 1.05. The van der Waals surface area contributed by atoms with Gasteiger partial charge >= 0.3 is 0 Å². The molecule has 0 aliphatic carbocycles. The molecule has 6 heteroatoms. The van der Waals surface area contributed by atoms with Crippen LogP contribution in [-0.2, 0) is 15.2 Å². The monoisotopic (exact) mass is 218 g/mol. The molecule has 0 aromatic carbocycles. The van der Waals surface area contributed by atoms with Crippen LogP contribution in [0.25, 0.3) is 0 Å². The summed E-state index contributed by atoms with van der Waals surface area (Å²) in [6.45, 7) is 1.62. The number of hydrogen-bond donors (Lipinski definition) is 1. The first-order chi connectivity index (χ1) is 6.34. The number of thiazole rings is 1. The van der Waals surface area contributed by atoms with Crippen molar-refractivity contribution >= 4 is 24.8 Å². The predicted octanol–water partition coefficient (Wildman–Crippen LogP) is 1.97. The van der Waals surface area contributed by atoms with Crippen LogP contribution in [0.15, 0.2) is 5.38 Å². The summed E-state index contributed by atoms with van der Waals surface area (Å²) in [5.74, 6) is 0. The van der Waals surface area contributed by atoms with Gasteiger partial charge in [0.2, 0.25) is 0 Å². The van der Waals surface area contributed by atoms with E-state index in [0.717, 1.165) is 31.5 Å². The minimum atomic E-state index is -0.746. The summed E-state index contributed by atoms with van der Waals surface area (Å²) < 4.78 is 10.9. The van der Waals surface area contributed by atoms with Gasteiger partial charge in [-0.05, 0) is 6.42 Å². The maximum Gasteiger partial charge on any atom is 0.180 e. The van der Waals surface area contributed by atoms with E-state index < -0.39 is 8.38 Å². The van der Waals surface area contributed by atoms with Gasteiger partial charge in [0, 0.05) is 5.38 Å². The largest absolute Gasteiger partial charge is 0.375 e. The lowest BCUT2D eigenvalue weighted by Gasteiger charge is -2.20. The van der Waals surface area contributed by atoms with Gasteiger partial charge in [0.25, 0.3) is 0 Å². The predicted molar refractivity (Wildman–Crippen MR) is 53.7 cm³/mol. The second-order valence-electron chi connectivity index (χ2n) is 2.69. The minimum Gasteiger partial charge on any atom is -0.375 e. The van der Waals surface area contributed by atoms with Gasteiger partial charge in [-0.2, -0.15) is 0 Å². The summed E-state index contributed by atoms with van der Waals surface area (Å²) in [5.41, 5.74) is 6.50. The zero-order valence-electron chi connectivity index (χ0n) is 7.10. The third-order valence-corrected chi connectivity index (χ3v) is 3.87. The summed E-state index contributed by atoms with van der Waals surface area (Å²) >= 11 is 1.46. The average molecular weight is 218 g/mol. The van der Waals surface area contributed by atoms with Crippen molar-refractivity contribution < 1.29 is 9.05 Å².